The summed E-state index contributed by atoms with van der Waals surface area (Å²) in [5, 5.41) is 0. The molecule has 0 aliphatic rings. The van der Waals surface area contributed by atoms with E-state index < -0.39 is 0 Å². The van der Waals surface area contributed by atoms with Crippen LogP contribution in [0.25, 0.3) is 0 Å². The van der Waals surface area contributed by atoms with Crippen molar-refractivity contribution in [2.45, 2.75) is 355 Å². The fraction of sp³-hybridized carbons (Fsp3) is 0.892. The van der Waals surface area contributed by atoms with Crippen molar-refractivity contribution in [2.24, 2.45) is 23.7 Å². The Morgan fingerprint density at radius 2 is 0.802 bits per heavy atom. The van der Waals surface area contributed by atoms with Crippen LogP contribution < -0.4 is 0 Å². The molecule has 0 spiro atoms. The molecule has 0 aromatic rings. The minimum atomic E-state index is -0.259. The number of carbonyl (C=O) groups is 6. The van der Waals surface area contributed by atoms with Gasteiger partial charge in [-0.3, -0.25) is 24.0 Å². The standard InChI is InChI=1S/C28H52O5.C21H40O5.C9H18O.C5H10O.C5H12.C4H10.C2H6/c1-5-8-11-13-15-17-19-25(4)32-23-26(22-28(30)31-21-10-7-3)24-33-27(29)20-18-16-14-12-9-6-2;1-5-6-7-8-9-10-11-20(22)17-25-16-19(15-24-4)14-21(23)26-13-12-18(2)3;1-2-3-4-5-6-7-8-9-10;1-4(2)5(3)6;1-3-5-4-2;1-3-4-2;1-2/h26H,4-24H2,1-3H3;18-19H,5-17H2,1-4H3;9H,2-8H2,1H3;4H,1-3H3;3-5H2,1-2H3;3-4H2,1-2H3;1-2H3. The smallest absolute Gasteiger partial charge is 0.306 e. The maximum absolute atomic E-state index is 12.2. The van der Waals surface area contributed by atoms with Gasteiger partial charge < -0.3 is 33.2 Å². The van der Waals surface area contributed by atoms with Gasteiger partial charge in [0.25, 0.3) is 0 Å². The monoisotopic (exact) mass is 1230 g/mol. The maximum atomic E-state index is 12.2. The summed E-state index contributed by atoms with van der Waals surface area (Å²) in [4.78, 5) is 68.0. The van der Waals surface area contributed by atoms with Gasteiger partial charge in [-0.05, 0) is 51.4 Å². The van der Waals surface area contributed by atoms with Gasteiger partial charge in [-0.1, -0.05) is 277 Å². The van der Waals surface area contributed by atoms with Gasteiger partial charge >= 0.3 is 17.9 Å². The SMILES string of the molecule is C=C(CCCCCCCC)OCC(COC(=O)CCCCCCCC)CC(=O)OCCCC.CC.CC(=O)C(C)C.CCCC.CCCCC.CCCCCCCCC(=O)COCC(COC)CC(=O)OCCC(C)C.CCCCCCCCC=O. The summed E-state index contributed by atoms with van der Waals surface area (Å²) in [6.07, 6.45) is 42.3. The molecule has 86 heavy (non-hydrogen) atoms. The number of hydrogen-bond acceptors (Lipinski definition) is 12. The molecule has 0 fully saturated rings. The van der Waals surface area contributed by atoms with Gasteiger partial charge in [0.15, 0.2) is 5.78 Å². The molecule has 0 aliphatic heterocycles. The predicted octanol–water partition coefficient (Wildman–Crippen LogP) is 21.7. The Kier molecular flexibility index (Phi) is 96.6. The van der Waals surface area contributed by atoms with Crippen LogP contribution in [0.3, 0.4) is 0 Å². The lowest BCUT2D eigenvalue weighted by molar-refractivity contribution is -0.151. The van der Waals surface area contributed by atoms with Crippen LogP contribution >= 0.6 is 0 Å². The van der Waals surface area contributed by atoms with Crippen molar-refractivity contribution < 1.29 is 57.2 Å². The third kappa shape index (κ3) is 97.2. The van der Waals surface area contributed by atoms with Gasteiger partial charge in [0.2, 0.25) is 0 Å². The van der Waals surface area contributed by atoms with E-state index in [9.17, 15) is 28.8 Å². The number of methoxy groups -OCH3 is 1. The molecular weight excluding hydrogens is 1080 g/mol. The molecule has 0 amide bonds. The maximum Gasteiger partial charge on any atom is 0.306 e. The first-order valence-electron chi connectivity index (χ1n) is 35.7. The number of ketones is 2. The number of unbranched alkanes of at least 4 members (excludes halogenated alkanes) is 25. The van der Waals surface area contributed by atoms with E-state index >= 15 is 0 Å². The van der Waals surface area contributed by atoms with Gasteiger partial charge in [-0.25, -0.2) is 0 Å². The van der Waals surface area contributed by atoms with E-state index in [1.807, 2.05) is 27.7 Å². The van der Waals surface area contributed by atoms with Crippen molar-refractivity contribution >= 4 is 35.8 Å². The summed E-state index contributed by atoms with van der Waals surface area (Å²) in [6, 6.07) is 0. The second-order valence-corrected chi connectivity index (χ2v) is 23.6. The minimum absolute atomic E-state index is 0.0756. The van der Waals surface area contributed by atoms with Crippen molar-refractivity contribution in [3.8, 4) is 0 Å². The third-order valence-electron chi connectivity index (χ3n) is 13.7. The van der Waals surface area contributed by atoms with Crippen molar-refractivity contribution in [3.63, 3.8) is 0 Å². The Morgan fingerprint density at radius 3 is 1.20 bits per heavy atom. The molecule has 0 aromatic heterocycles. The van der Waals surface area contributed by atoms with Crippen molar-refractivity contribution in [1.29, 1.82) is 0 Å². The highest BCUT2D eigenvalue weighted by atomic mass is 16.5. The summed E-state index contributed by atoms with van der Waals surface area (Å²) in [6.45, 7) is 39.5. The predicted molar refractivity (Wildman–Crippen MR) is 367 cm³/mol. The summed E-state index contributed by atoms with van der Waals surface area (Å²) < 4.78 is 32.5. The largest absolute Gasteiger partial charge is 0.498 e. The van der Waals surface area contributed by atoms with E-state index in [1.165, 1.54) is 148 Å². The Hall–Kier alpha value is -3.12. The highest BCUT2D eigenvalue weighted by Gasteiger charge is 2.20. The zero-order chi connectivity index (χ0) is 66.5. The number of allylic oxidation sites excluding steroid dienone is 1. The zero-order valence-corrected chi connectivity index (χ0v) is 60.3. The highest BCUT2D eigenvalue weighted by molar-refractivity contribution is 5.79. The molecule has 0 radical (unpaired) electrons. The molecule has 0 saturated heterocycles. The zero-order valence-electron chi connectivity index (χ0n) is 60.3. The van der Waals surface area contributed by atoms with Crippen LogP contribution in [-0.4, -0.2) is 89.1 Å². The lowest BCUT2D eigenvalue weighted by atomic mass is 10.1. The molecule has 0 aliphatic carbocycles. The summed E-state index contributed by atoms with van der Waals surface area (Å²) in [7, 11) is 1.60. The number of aldehydes is 1. The fourth-order valence-electron chi connectivity index (χ4n) is 7.51. The Balaban J connectivity index is -0.000000205. The molecule has 0 rings (SSSR count). The average Bonchev–Trinajstić information content (AvgIpc) is 3.50. The van der Waals surface area contributed by atoms with E-state index in [-0.39, 0.29) is 73.3 Å². The highest BCUT2D eigenvalue weighted by Crippen LogP contribution is 2.17. The first-order valence-corrected chi connectivity index (χ1v) is 35.7. The quantitative estimate of drug-likeness (QED) is 0.0187. The summed E-state index contributed by atoms with van der Waals surface area (Å²) in [5.74, 6) is 0.895. The summed E-state index contributed by atoms with van der Waals surface area (Å²) >= 11 is 0. The van der Waals surface area contributed by atoms with Crippen LogP contribution in [0.1, 0.15) is 355 Å². The average molecular weight is 1230 g/mol. The molecule has 0 aromatic carbocycles. The first kappa shape index (κ1) is 96.5. The molecule has 0 saturated carbocycles. The van der Waals surface area contributed by atoms with Crippen LogP contribution in [0.15, 0.2) is 12.3 Å². The van der Waals surface area contributed by atoms with E-state index in [2.05, 4.69) is 82.7 Å². The van der Waals surface area contributed by atoms with Crippen LogP contribution in [0.4, 0.5) is 0 Å². The third-order valence-corrected chi connectivity index (χ3v) is 13.7. The molecule has 0 N–H and O–H groups in total. The topological polar surface area (TPSA) is 158 Å². The number of esters is 3. The van der Waals surface area contributed by atoms with Gasteiger partial charge in [0.05, 0.1) is 58.2 Å². The molecule has 516 valence electrons. The van der Waals surface area contributed by atoms with Gasteiger partial charge in [-0.2, -0.15) is 0 Å². The Labute approximate surface area is 534 Å². The summed E-state index contributed by atoms with van der Waals surface area (Å²) in [5.41, 5.74) is 0. The normalized spacial score (nSPS) is 10.9. The first-order chi connectivity index (χ1) is 41.4. The van der Waals surface area contributed by atoms with E-state index in [1.54, 1.807) is 14.0 Å². The second-order valence-electron chi connectivity index (χ2n) is 23.6. The number of Topliss-reactive ketones (excluding diaryl/α,β-unsaturated/α-hetero) is 2. The minimum Gasteiger partial charge on any atom is -0.498 e. The van der Waals surface area contributed by atoms with Crippen LogP contribution in [0, 0.1) is 23.7 Å². The van der Waals surface area contributed by atoms with Crippen LogP contribution in [-0.2, 0) is 57.2 Å². The van der Waals surface area contributed by atoms with Crippen molar-refractivity contribution in [1.82, 2.24) is 0 Å². The van der Waals surface area contributed by atoms with E-state index in [0.717, 1.165) is 82.7 Å². The van der Waals surface area contributed by atoms with E-state index in [0.29, 0.717) is 51.8 Å². The lowest BCUT2D eigenvalue weighted by Gasteiger charge is -2.18. The molecule has 2 atom stereocenters. The molecule has 12 nitrogen and oxygen atoms in total. The van der Waals surface area contributed by atoms with Crippen LogP contribution in [0.5, 0.6) is 0 Å². The Bertz CT molecular complexity index is 1350. The van der Waals surface area contributed by atoms with Crippen LogP contribution in [0.2, 0.25) is 0 Å². The molecule has 0 bridgehead atoms. The van der Waals surface area contributed by atoms with Crippen molar-refractivity contribution in [2.75, 3.05) is 53.4 Å². The van der Waals surface area contributed by atoms with Gasteiger partial charge in [0, 0.05) is 50.5 Å². The van der Waals surface area contributed by atoms with Gasteiger partial charge in [0.1, 0.15) is 18.7 Å². The van der Waals surface area contributed by atoms with Gasteiger partial charge in [-0.15, -0.1) is 0 Å². The number of carbonyl (C=O) groups excluding carboxylic acids is 6. The molecule has 12 heteroatoms. The number of rotatable bonds is 53. The second kappa shape index (κ2) is 86.1. The molecule has 2 unspecified atom stereocenters. The van der Waals surface area contributed by atoms with Crippen molar-refractivity contribution in [3.05, 3.63) is 12.3 Å². The molecule has 0 heterocycles. The van der Waals surface area contributed by atoms with E-state index in [4.69, 9.17) is 28.4 Å². The number of hydrogen-bond donors (Lipinski definition) is 0. The number of ether oxygens (including phenoxy) is 6. The lowest BCUT2D eigenvalue weighted by Crippen LogP contribution is -2.23. The fourth-order valence-corrected chi connectivity index (χ4v) is 7.51. The Morgan fingerprint density at radius 1 is 0.419 bits per heavy atom. The molecular formula is C74H148O12.